The number of hydrogen-bond acceptors (Lipinski definition) is 4. The summed E-state index contributed by atoms with van der Waals surface area (Å²) in [6.07, 6.45) is 0. The third-order valence-electron chi connectivity index (χ3n) is 2.88. The Labute approximate surface area is 98.3 Å². The molecule has 6 heteroatoms. The van der Waals surface area contributed by atoms with Gasteiger partial charge in [0, 0.05) is 12.2 Å². The average Bonchev–Trinajstić information content (AvgIpc) is 2.56. The number of anilines is 1. The first-order valence-corrected chi connectivity index (χ1v) is 5.57. The van der Waals surface area contributed by atoms with Crippen molar-refractivity contribution in [2.45, 2.75) is 26.9 Å². The number of nitrogens with two attached hydrogens (primary N) is 1. The van der Waals surface area contributed by atoms with Gasteiger partial charge in [0.1, 0.15) is 5.39 Å². The molecule has 0 unspecified atom stereocenters. The lowest BCUT2D eigenvalue weighted by Gasteiger charge is -2.07. The maximum atomic E-state index is 12.2. The lowest BCUT2D eigenvalue weighted by atomic mass is 10.2. The predicted octanol–water partition coefficient (Wildman–Crippen LogP) is 0.101. The molecule has 0 atom stereocenters. The third kappa shape index (κ3) is 1.70. The molecule has 0 aromatic carbocycles. The topological polar surface area (TPSA) is 86.1 Å². The molecule has 17 heavy (non-hydrogen) atoms. The molecule has 0 saturated heterocycles. The van der Waals surface area contributed by atoms with Crippen molar-refractivity contribution < 1.29 is 5.11 Å². The molecule has 0 bridgehead atoms. The van der Waals surface area contributed by atoms with E-state index in [0.717, 1.165) is 5.69 Å². The van der Waals surface area contributed by atoms with Crippen LogP contribution in [0.5, 0.6) is 0 Å². The van der Waals surface area contributed by atoms with Gasteiger partial charge in [-0.25, -0.2) is 0 Å². The Hall–Kier alpha value is -1.82. The number of aryl methyl sites for hydroxylation is 1. The first kappa shape index (κ1) is 11.7. The van der Waals surface area contributed by atoms with E-state index < -0.39 is 0 Å². The minimum absolute atomic E-state index is 0.0356. The van der Waals surface area contributed by atoms with Crippen molar-refractivity contribution in [2.24, 2.45) is 0 Å². The Kier molecular flexibility index (Phi) is 2.89. The van der Waals surface area contributed by atoms with E-state index in [0.29, 0.717) is 24.0 Å². The highest BCUT2D eigenvalue weighted by molar-refractivity contribution is 5.88. The largest absolute Gasteiger partial charge is 0.394 e. The zero-order valence-corrected chi connectivity index (χ0v) is 9.97. The van der Waals surface area contributed by atoms with Crippen LogP contribution in [0.2, 0.25) is 0 Å². The number of hydrogen-bond donors (Lipinski definition) is 2. The number of rotatable bonds is 3. The van der Waals surface area contributed by atoms with Crippen molar-refractivity contribution >= 4 is 16.7 Å². The lowest BCUT2D eigenvalue weighted by Crippen LogP contribution is -2.21. The molecule has 0 aliphatic heterocycles. The van der Waals surface area contributed by atoms with E-state index in [9.17, 15) is 4.79 Å². The van der Waals surface area contributed by atoms with Crippen LogP contribution >= 0.6 is 0 Å². The molecule has 0 aliphatic rings. The van der Waals surface area contributed by atoms with Crippen molar-refractivity contribution in [3.8, 4) is 0 Å². The monoisotopic (exact) mass is 236 g/mol. The van der Waals surface area contributed by atoms with Crippen molar-refractivity contribution in [2.75, 3.05) is 12.3 Å². The molecule has 6 nitrogen and oxygen atoms in total. The van der Waals surface area contributed by atoms with Gasteiger partial charge in [0.15, 0.2) is 5.82 Å². The van der Waals surface area contributed by atoms with Gasteiger partial charge < -0.3 is 15.4 Å². The summed E-state index contributed by atoms with van der Waals surface area (Å²) >= 11 is 0. The van der Waals surface area contributed by atoms with Crippen LogP contribution in [0.3, 0.4) is 0 Å². The molecule has 2 aromatic rings. The molecule has 3 N–H and O–H groups in total. The van der Waals surface area contributed by atoms with Gasteiger partial charge in [0.2, 0.25) is 0 Å². The van der Waals surface area contributed by atoms with Gasteiger partial charge in [0.05, 0.1) is 18.7 Å². The highest BCUT2D eigenvalue weighted by atomic mass is 16.3. The number of nitrogen functional groups attached to an aromatic ring is 1. The number of aliphatic hydroxyl groups excluding tert-OH is 1. The first-order valence-electron chi connectivity index (χ1n) is 5.57. The van der Waals surface area contributed by atoms with Crippen molar-refractivity contribution in [1.29, 1.82) is 0 Å². The Balaban J connectivity index is 2.83. The molecule has 0 aliphatic carbocycles. The smallest absolute Gasteiger partial charge is 0.264 e. The summed E-state index contributed by atoms with van der Waals surface area (Å²) in [5, 5.41) is 13.5. The number of pyridine rings is 1. The number of aliphatic hydroxyl groups is 1. The van der Waals surface area contributed by atoms with Crippen LogP contribution < -0.4 is 11.3 Å². The van der Waals surface area contributed by atoms with Gasteiger partial charge in [0.25, 0.3) is 5.56 Å². The summed E-state index contributed by atoms with van der Waals surface area (Å²) in [4.78, 5) is 12.2. The van der Waals surface area contributed by atoms with Gasteiger partial charge in [-0.15, -0.1) is 0 Å². The summed E-state index contributed by atoms with van der Waals surface area (Å²) in [5.74, 6) is 0.223. The third-order valence-corrected chi connectivity index (χ3v) is 2.88. The van der Waals surface area contributed by atoms with Crippen molar-refractivity contribution in [3.63, 3.8) is 0 Å². The van der Waals surface area contributed by atoms with Gasteiger partial charge in [-0.1, -0.05) is 0 Å². The fourth-order valence-corrected chi connectivity index (χ4v) is 2.09. The van der Waals surface area contributed by atoms with E-state index in [1.807, 2.05) is 19.9 Å². The van der Waals surface area contributed by atoms with Gasteiger partial charge in [-0.2, -0.15) is 5.10 Å². The molecule has 0 amide bonds. The zero-order chi connectivity index (χ0) is 12.6. The minimum atomic E-state index is -0.121. The predicted molar refractivity (Wildman–Crippen MR) is 65.9 cm³/mol. The van der Waals surface area contributed by atoms with Crippen LogP contribution in [0.1, 0.15) is 12.6 Å². The van der Waals surface area contributed by atoms with E-state index in [1.165, 1.54) is 0 Å². The maximum absolute atomic E-state index is 12.2. The molecular weight excluding hydrogens is 220 g/mol. The van der Waals surface area contributed by atoms with Gasteiger partial charge >= 0.3 is 0 Å². The molecule has 2 rings (SSSR count). The summed E-state index contributed by atoms with van der Waals surface area (Å²) in [7, 11) is 0. The molecule has 0 fully saturated rings. The summed E-state index contributed by atoms with van der Waals surface area (Å²) in [5.41, 5.74) is 7.18. The molecule has 0 saturated carbocycles. The highest BCUT2D eigenvalue weighted by Gasteiger charge is 2.14. The molecule has 0 spiro atoms. The summed E-state index contributed by atoms with van der Waals surface area (Å²) < 4.78 is 3.22. The Bertz CT molecular complexity index is 612. The number of nitrogens with zero attached hydrogens (tertiary/aromatic N) is 3. The molecular formula is C11H16N4O2. The number of fused-ring (bicyclic) bond motifs is 1. The SMILES string of the molecule is CCn1c(C)cc2c(c(N)nn2CCO)c1=O. The average molecular weight is 236 g/mol. The summed E-state index contributed by atoms with van der Waals surface area (Å²) in [6.45, 7) is 4.69. The van der Waals surface area contributed by atoms with Crippen LogP contribution in [0.15, 0.2) is 10.9 Å². The van der Waals surface area contributed by atoms with Gasteiger partial charge in [-0.05, 0) is 19.9 Å². The van der Waals surface area contributed by atoms with Crippen LogP contribution in [0, 0.1) is 6.92 Å². The van der Waals surface area contributed by atoms with Crippen LogP contribution in [-0.2, 0) is 13.1 Å². The van der Waals surface area contributed by atoms with E-state index in [1.54, 1.807) is 9.25 Å². The quantitative estimate of drug-likeness (QED) is 0.791. The first-order chi connectivity index (χ1) is 8.10. The number of aromatic nitrogens is 3. The van der Waals surface area contributed by atoms with Crippen LogP contribution in [0.4, 0.5) is 5.82 Å². The second kappa shape index (κ2) is 4.21. The molecule has 2 heterocycles. The molecule has 0 radical (unpaired) electrons. The van der Waals surface area contributed by atoms with Crippen LogP contribution in [-0.4, -0.2) is 26.1 Å². The second-order valence-electron chi connectivity index (χ2n) is 3.93. The minimum Gasteiger partial charge on any atom is -0.394 e. The fraction of sp³-hybridized carbons (Fsp3) is 0.455. The van der Waals surface area contributed by atoms with Crippen molar-refractivity contribution in [1.82, 2.24) is 14.3 Å². The Morgan fingerprint density at radius 2 is 2.24 bits per heavy atom. The van der Waals surface area contributed by atoms with Gasteiger partial charge in [-0.3, -0.25) is 9.48 Å². The highest BCUT2D eigenvalue weighted by Crippen LogP contribution is 2.17. The zero-order valence-electron chi connectivity index (χ0n) is 9.97. The van der Waals surface area contributed by atoms with E-state index in [2.05, 4.69) is 5.10 Å². The summed E-state index contributed by atoms with van der Waals surface area (Å²) in [6, 6.07) is 1.87. The van der Waals surface area contributed by atoms with E-state index in [-0.39, 0.29) is 18.0 Å². The normalized spacial score (nSPS) is 11.2. The fourth-order valence-electron chi connectivity index (χ4n) is 2.09. The van der Waals surface area contributed by atoms with Crippen LogP contribution in [0.25, 0.3) is 10.9 Å². The lowest BCUT2D eigenvalue weighted by molar-refractivity contribution is 0.272. The molecule has 92 valence electrons. The standard InChI is InChI=1S/C11H16N4O2/c1-3-14-7(2)6-8-9(11(14)17)10(12)13-15(8)4-5-16/h6,16H,3-5H2,1-2H3,(H2,12,13). The van der Waals surface area contributed by atoms with Crippen molar-refractivity contribution in [3.05, 3.63) is 22.1 Å². The second-order valence-corrected chi connectivity index (χ2v) is 3.93. The Morgan fingerprint density at radius 1 is 1.53 bits per heavy atom. The van der Waals surface area contributed by atoms with E-state index in [4.69, 9.17) is 10.8 Å². The maximum Gasteiger partial charge on any atom is 0.264 e. The van der Waals surface area contributed by atoms with E-state index >= 15 is 0 Å². The Morgan fingerprint density at radius 3 is 2.82 bits per heavy atom. The molecule has 2 aromatic heterocycles.